The number of anilines is 1. The van der Waals surface area contributed by atoms with E-state index in [0.29, 0.717) is 24.7 Å². The molecule has 1 aromatic heterocycles. The van der Waals surface area contributed by atoms with Gasteiger partial charge in [-0.2, -0.15) is 0 Å². The Kier molecular flexibility index (Phi) is 6.73. The van der Waals surface area contributed by atoms with Gasteiger partial charge >= 0.3 is 0 Å². The first kappa shape index (κ1) is 21.4. The lowest BCUT2D eigenvalue weighted by atomic mass is 10.2. The summed E-state index contributed by atoms with van der Waals surface area (Å²) in [6, 6.07) is 17.3. The summed E-state index contributed by atoms with van der Waals surface area (Å²) in [7, 11) is 0.270. The van der Waals surface area contributed by atoms with Crippen molar-refractivity contribution >= 4 is 21.7 Å². The van der Waals surface area contributed by atoms with Crippen molar-refractivity contribution in [2.45, 2.75) is 13.1 Å². The number of guanidine groups is 1. The second-order valence-electron chi connectivity index (χ2n) is 6.90. The predicted molar refractivity (Wildman–Crippen MR) is 121 cm³/mol. The zero-order valence-corrected chi connectivity index (χ0v) is 18.1. The van der Waals surface area contributed by atoms with Crippen LogP contribution in [0.25, 0.3) is 11.3 Å². The molecule has 3 rings (SSSR count). The number of nitrogens with one attached hydrogen (secondary N) is 3. The van der Waals surface area contributed by atoms with Gasteiger partial charge in [0.25, 0.3) is 0 Å². The maximum Gasteiger partial charge on any atom is 0.229 e. The van der Waals surface area contributed by atoms with Gasteiger partial charge in [-0.25, -0.2) is 13.4 Å². The number of sulfonamides is 1. The van der Waals surface area contributed by atoms with Gasteiger partial charge in [0, 0.05) is 20.6 Å². The molecule has 0 fully saturated rings. The molecular weight excluding hydrogens is 400 g/mol. The third-order valence-electron chi connectivity index (χ3n) is 4.42. The highest BCUT2D eigenvalue weighted by molar-refractivity contribution is 7.92. The Morgan fingerprint density at radius 2 is 1.83 bits per heavy atom. The van der Waals surface area contributed by atoms with Gasteiger partial charge in [0.1, 0.15) is 5.82 Å². The van der Waals surface area contributed by atoms with E-state index in [1.165, 1.54) is 0 Å². The lowest BCUT2D eigenvalue weighted by molar-refractivity contribution is 0.464. The first-order chi connectivity index (χ1) is 14.4. The Morgan fingerprint density at radius 3 is 2.53 bits per heavy atom. The Bertz CT molecular complexity index is 1110. The van der Waals surface area contributed by atoms with Crippen LogP contribution in [0.5, 0.6) is 0 Å². The molecule has 0 atom stereocenters. The third kappa shape index (κ3) is 5.84. The second-order valence-corrected chi connectivity index (χ2v) is 8.65. The molecule has 0 aliphatic carbocycles. The van der Waals surface area contributed by atoms with E-state index in [2.05, 4.69) is 25.0 Å². The van der Waals surface area contributed by atoms with Crippen LogP contribution in [0.3, 0.4) is 0 Å². The fourth-order valence-corrected chi connectivity index (χ4v) is 3.64. The number of benzene rings is 2. The maximum absolute atomic E-state index is 11.6. The van der Waals surface area contributed by atoms with Crippen molar-refractivity contribution in [3.8, 4) is 11.3 Å². The molecule has 8 nitrogen and oxygen atoms in total. The van der Waals surface area contributed by atoms with Gasteiger partial charge in [-0.05, 0) is 17.2 Å². The minimum absolute atomic E-state index is 0.420. The molecule has 158 valence electrons. The van der Waals surface area contributed by atoms with Crippen LogP contribution in [-0.4, -0.2) is 49.6 Å². The molecule has 0 aliphatic heterocycles. The van der Waals surface area contributed by atoms with E-state index in [1.807, 2.05) is 60.6 Å². The molecule has 0 radical (unpaired) electrons. The normalized spacial score (nSPS) is 11.9. The molecule has 2 aromatic carbocycles. The number of hydrogen-bond donors (Lipinski definition) is 3. The average molecular weight is 427 g/mol. The molecule has 0 saturated carbocycles. The summed E-state index contributed by atoms with van der Waals surface area (Å²) in [5.74, 6) is 1.49. The fourth-order valence-electron chi connectivity index (χ4n) is 3.04. The Morgan fingerprint density at radius 1 is 1.13 bits per heavy atom. The van der Waals surface area contributed by atoms with E-state index >= 15 is 0 Å². The summed E-state index contributed by atoms with van der Waals surface area (Å²) in [6.07, 6.45) is 2.96. The third-order valence-corrected chi connectivity index (χ3v) is 5.01. The van der Waals surface area contributed by atoms with Gasteiger partial charge in [-0.1, -0.05) is 48.5 Å². The Labute approximate surface area is 177 Å². The van der Waals surface area contributed by atoms with Crippen molar-refractivity contribution < 1.29 is 8.42 Å². The number of aromatic amines is 1. The molecule has 0 saturated heterocycles. The van der Waals surface area contributed by atoms with Crippen LogP contribution >= 0.6 is 0 Å². The van der Waals surface area contributed by atoms with E-state index in [0.717, 1.165) is 28.9 Å². The molecule has 30 heavy (non-hydrogen) atoms. The number of aliphatic imine (C=N–C) groups is 1. The average Bonchev–Trinajstić information content (AvgIpc) is 3.17. The second kappa shape index (κ2) is 9.45. The van der Waals surface area contributed by atoms with Crippen LogP contribution in [0.15, 0.2) is 65.8 Å². The van der Waals surface area contributed by atoms with Crippen molar-refractivity contribution in [3.05, 3.63) is 72.2 Å². The number of aromatic nitrogens is 2. The minimum Gasteiger partial charge on any atom is -0.352 e. The van der Waals surface area contributed by atoms with Crippen LogP contribution in [0.1, 0.15) is 11.4 Å². The number of para-hydroxylation sites is 1. The Balaban J connectivity index is 1.64. The first-order valence-electron chi connectivity index (χ1n) is 9.42. The lowest BCUT2D eigenvalue weighted by Gasteiger charge is -2.21. The summed E-state index contributed by atoms with van der Waals surface area (Å²) in [4.78, 5) is 14.1. The van der Waals surface area contributed by atoms with Crippen molar-refractivity contribution in [3.63, 3.8) is 0 Å². The van der Waals surface area contributed by atoms with E-state index in [1.54, 1.807) is 19.2 Å². The fraction of sp³-hybridized carbons (Fsp3) is 0.238. The zero-order valence-electron chi connectivity index (χ0n) is 17.3. The van der Waals surface area contributed by atoms with Gasteiger partial charge in [0.05, 0.1) is 30.4 Å². The van der Waals surface area contributed by atoms with Crippen molar-refractivity contribution in [1.29, 1.82) is 0 Å². The van der Waals surface area contributed by atoms with Crippen LogP contribution in [0.2, 0.25) is 0 Å². The SMILES string of the molecule is CN=C(NCc1ccccc1NS(C)(=O)=O)N(C)Cc1ncc(-c2ccccc2)[nH]1. The highest BCUT2D eigenvalue weighted by Gasteiger charge is 2.12. The number of hydrogen-bond acceptors (Lipinski definition) is 4. The maximum atomic E-state index is 11.6. The molecule has 0 unspecified atom stereocenters. The van der Waals surface area contributed by atoms with E-state index in [9.17, 15) is 8.42 Å². The van der Waals surface area contributed by atoms with Gasteiger partial charge in [-0.15, -0.1) is 0 Å². The molecule has 0 bridgehead atoms. The molecule has 0 amide bonds. The largest absolute Gasteiger partial charge is 0.352 e. The van der Waals surface area contributed by atoms with Crippen LogP contribution < -0.4 is 10.0 Å². The molecule has 3 aromatic rings. The van der Waals surface area contributed by atoms with Crippen molar-refractivity contribution in [1.82, 2.24) is 20.2 Å². The van der Waals surface area contributed by atoms with Crippen molar-refractivity contribution in [2.24, 2.45) is 4.99 Å². The predicted octanol–water partition coefficient (Wildman–Crippen LogP) is 2.66. The summed E-state index contributed by atoms with van der Waals surface area (Å²) < 4.78 is 25.7. The summed E-state index contributed by atoms with van der Waals surface area (Å²) in [6.45, 7) is 0.957. The van der Waals surface area contributed by atoms with Gasteiger partial charge < -0.3 is 15.2 Å². The van der Waals surface area contributed by atoms with Gasteiger partial charge in [0.15, 0.2) is 5.96 Å². The molecular formula is C21H26N6O2S. The summed E-state index contributed by atoms with van der Waals surface area (Å²) >= 11 is 0. The van der Waals surface area contributed by atoms with Crippen LogP contribution in [-0.2, 0) is 23.1 Å². The summed E-state index contributed by atoms with van der Waals surface area (Å²) in [5.41, 5.74) is 3.41. The number of nitrogens with zero attached hydrogens (tertiary/aromatic N) is 3. The zero-order chi connectivity index (χ0) is 21.6. The standard InChI is InChI=1S/C21H26N6O2S/c1-22-21(24-13-17-11-7-8-12-18(17)26-30(3,28)29)27(2)15-20-23-14-19(25-20)16-9-5-4-6-10-16/h4-12,14,26H,13,15H2,1-3H3,(H,22,24)(H,23,25). The van der Waals surface area contributed by atoms with E-state index < -0.39 is 10.0 Å². The number of rotatable bonds is 7. The smallest absolute Gasteiger partial charge is 0.229 e. The van der Waals surface area contributed by atoms with Crippen LogP contribution in [0.4, 0.5) is 5.69 Å². The highest BCUT2D eigenvalue weighted by atomic mass is 32.2. The molecule has 3 N–H and O–H groups in total. The van der Waals surface area contributed by atoms with Gasteiger partial charge in [0.2, 0.25) is 10.0 Å². The van der Waals surface area contributed by atoms with Gasteiger partial charge in [-0.3, -0.25) is 9.71 Å². The first-order valence-corrected chi connectivity index (χ1v) is 11.3. The van der Waals surface area contributed by atoms with Crippen molar-refractivity contribution in [2.75, 3.05) is 25.1 Å². The summed E-state index contributed by atoms with van der Waals surface area (Å²) in [5, 5.41) is 3.27. The number of H-pyrrole nitrogens is 1. The number of imidazole rings is 1. The Hall–Kier alpha value is -3.33. The monoisotopic (exact) mass is 426 g/mol. The van der Waals surface area contributed by atoms with E-state index in [4.69, 9.17) is 0 Å². The highest BCUT2D eigenvalue weighted by Crippen LogP contribution is 2.17. The van der Waals surface area contributed by atoms with E-state index in [-0.39, 0.29) is 0 Å². The topological polar surface area (TPSA) is 102 Å². The molecule has 9 heteroatoms. The minimum atomic E-state index is -3.35. The quantitative estimate of drug-likeness (QED) is 0.398. The molecule has 1 heterocycles. The molecule has 0 aliphatic rings. The molecule has 0 spiro atoms. The lowest BCUT2D eigenvalue weighted by Crippen LogP contribution is -2.38. The van der Waals surface area contributed by atoms with Crippen LogP contribution in [0, 0.1) is 0 Å².